The van der Waals surface area contributed by atoms with E-state index in [1.54, 1.807) is 20.4 Å². The van der Waals surface area contributed by atoms with Crippen molar-refractivity contribution in [1.82, 2.24) is 10.3 Å². The van der Waals surface area contributed by atoms with Gasteiger partial charge in [0.25, 0.3) is 0 Å². The molecule has 0 saturated carbocycles. The van der Waals surface area contributed by atoms with Crippen LogP contribution in [0.4, 0.5) is 0 Å². The summed E-state index contributed by atoms with van der Waals surface area (Å²) >= 11 is 0. The molecule has 2 aromatic carbocycles. The molecular formula is C25H26N2O3. The number of rotatable bonds is 7. The molecule has 1 unspecified atom stereocenters. The molecule has 1 aromatic heterocycles. The summed E-state index contributed by atoms with van der Waals surface area (Å²) in [6.07, 6.45) is 6.95. The van der Waals surface area contributed by atoms with Crippen LogP contribution in [0.2, 0.25) is 0 Å². The summed E-state index contributed by atoms with van der Waals surface area (Å²) in [6, 6.07) is 18.3. The Morgan fingerprint density at radius 3 is 2.70 bits per heavy atom. The van der Waals surface area contributed by atoms with Gasteiger partial charge in [0.1, 0.15) is 6.61 Å². The van der Waals surface area contributed by atoms with E-state index in [4.69, 9.17) is 14.2 Å². The standard InChI is InChI=1S/C25H26N2O3/c1-28-23-16-21-20(15-24(23)30-17-19-6-4-3-5-7-19)11-13-26-22(21)9-8-18-10-12-27-25(14-18)29-2/h3-10,12,14-16,22,26H,11,13,17H2,1-2H3. The second-order valence-electron chi connectivity index (χ2n) is 7.15. The molecule has 154 valence electrons. The van der Waals surface area contributed by atoms with Gasteiger partial charge in [0.05, 0.1) is 20.3 Å². The molecule has 1 atom stereocenters. The largest absolute Gasteiger partial charge is 0.493 e. The van der Waals surface area contributed by atoms with Gasteiger partial charge in [0.2, 0.25) is 5.88 Å². The van der Waals surface area contributed by atoms with Gasteiger partial charge in [0.15, 0.2) is 11.5 Å². The zero-order valence-electron chi connectivity index (χ0n) is 17.3. The number of benzene rings is 2. The lowest BCUT2D eigenvalue weighted by Crippen LogP contribution is -2.28. The first-order valence-corrected chi connectivity index (χ1v) is 10.1. The van der Waals surface area contributed by atoms with Gasteiger partial charge >= 0.3 is 0 Å². The minimum atomic E-state index is 0.102. The van der Waals surface area contributed by atoms with E-state index in [0.717, 1.165) is 35.6 Å². The molecule has 0 spiro atoms. The van der Waals surface area contributed by atoms with Crippen molar-refractivity contribution in [2.45, 2.75) is 19.1 Å². The van der Waals surface area contributed by atoms with Gasteiger partial charge in [-0.15, -0.1) is 0 Å². The van der Waals surface area contributed by atoms with Crippen molar-refractivity contribution >= 4 is 6.08 Å². The fraction of sp³-hybridized carbons (Fsp3) is 0.240. The summed E-state index contributed by atoms with van der Waals surface area (Å²) in [5, 5.41) is 3.57. The predicted octanol–water partition coefficient (Wildman–Crippen LogP) is 4.58. The topological polar surface area (TPSA) is 52.6 Å². The Morgan fingerprint density at radius 1 is 1.03 bits per heavy atom. The van der Waals surface area contributed by atoms with Crippen LogP contribution < -0.4 is 19.5 Å². The highest BCUT2D eigenvalue weighted by Gasteiger charge is 2.21. The van der Waals surface area contributed by atoms with Crippen LogP contribution in [0.5, 0.6) is 17.4 Å². The van der Waals surface area contributed by atoms with Crippen LogP contribution in [0.15, 0.2) is 66.9 Å². The first-order valence-electron chi connectivity index (χ1n) is 10.1. The maximum absolute atomic E-state index is 6.09. The molecule has 0 bridgehead atoms. The monoisotopic (exact) mass is 402 g/mol. The van der Waals surface area contributed by atoms with Gasteiger partial charge in [-0.3, -0.25) is 0 Å². The normalized spacial score (nSPS) is 15.6. The van der Waals surface area contributed by atoms with Crippen molar-refractivity contribution in [1.29, 1.82) is 0 Å². The Kier molecular flexibility index (Phi) is 6.30. The number of hydrogen-bond acceptors (Lipinski definition) is 5. The van der Waals surface area contributed by atoms with Crippen LogP contribution in [0.1, 0.15) is 28.3 Å². The number of aromatic nitrogens is 1. The molecule has 0 amide bonds. The first-order chi connectivity index (χ1) is 14.8. The van der Waals surface area contributed by atoms with Gasteiger partial charge in [-0.05, 0) is 46.9 Å². The third-order valence-electron chi connectivity index (χ3n) is 5.21. The Morgan fingerprint density at radius 2 is 1.90 bits per heavy atom. The van der Waals surface area contributed by atoms with Gasteiger partial charge < -0.3 is 19.5 Å². The summed E-state index contributed by atoms with van der Waals surface area (Å²) in [4.78, 5) is 4.16. The highest BCUT2D eigenvalue weighted by atomic mass is 16.5. The maximum Gasteiger partial charge on any atom is 0.213 e. The molecule has 1 aliphatic heterocycles. The van der Waals surface area contributed by atoms with Crippen molar-refractivity contribution in [2.75, 3.05) is 20.8 Å². The fourth-order valence-electron chi connectivity index (χ4n) is 3.62. The summed E-state index contributed by atoms with van der Waals surface area (Å²) in [6.45, 7) is 1.42. The number of ether oxygens (including phenoxy) is 3. The van der Waals surface area contributed by atoms with Crippen LogP contribution in [-0.2, 0) is 13.0 Å². The minimum absolute atomic E-state index is 0.102. The number of methoxy groups -OCH3 is 2. The third kappa shape index (κ3) is 4.63. The average molecular weight is 402 g/mol. The smallest absolute Gasteiger partial charge is 0.213 e. The van der Waals surface area contributed by atoms with Crippen molar-refractivity contribution in [2.24, 2.45) is 0 Å². The SMILES string of the molecule is COc1cc(C=CC2NCCc3cc(OCc4ccccc4)c(OC)cc32)ccn1. The van der Waals surface area contributed by atoms with Crippen LogP contribution in [0.3, 0.4) is 0 Å². The molecular weight excluding hydrogens is 376 g/mol. The fourth-order valence-corrected chi connectivity index (χ4v) is 3.62. The summed E-state index contributed by atoms with van der Waals surface area (Å²) in [7, 11) is 3.31. The zero-order chi connectivity index (χ0) is 20.8. The predicted molar refractivity (Wildman–Crippen MR) is 118 cm³/mol. The van der Waals surface area contributed by atoms with Gasteiger partial charge in [-0.1, -0.05) is 42.5 Å². The molecule has 2 heterocycles. The Hall–Kier alpha value is -3.31. The molecule has 3 aromatic rings. The molecule has 0 radical (unpaired) electrons. The van der Waals surface area contributed by atoms with E-state index in [0.29, 0.717) is 12.5 Å². The van der Waals surface area contributed by atoms with Crippen LogP contribution >= 0.6 is 0 Å². The molecule has 0 aliphatic carbocycles. The lowest BCUT2D eigenvalue weighted by atomic mass is 9.93. The first kappa shape index (κ1) is 20.0. The van der Waals surface area contributed by atoms with E-state index in [2.05, 4.69) is 46.7 Å². The number of fused-ring (bicyclic) bond motifs is 1. The average Bonchev–Trinajstić information content (AvgIpc) is 2.81. The molecule has 0 fully saturated rings. The minimum Gasteiger partial charge on any atom is -0.493 e. The van der Waals surface area contributed by atoms with E-state index in [-0.39, 0.29) is 6.04 Å². The third-order valence-corrected chi connectivity index (χ3v) is 5.21. The van der Waals surface area contributed by atoms with E-state index in [1.807, 2.05) is 30.3 Å². The highest BCUT2D eigenvalue weighted by Crippen LogP contribution is 2.36. The Bertz CT molecular complexity index is 1020. The molecule has 1 N–H and O–H groups in total. The second-order valence-corrected chi connectivity index (χ2v) is 7.15. The Balaban J connectivity index is 1.56. The quantitative estimate of drug-likeness (QED) is 0.627. The van der Waals surface area contributed by atoms with Crippen molar-refractivity contribution < 1.29 is 14.2 Å². The van der Waals surface area contributed by atoms with E-state index >= 15 is 0 Å². The zero-order valence-corrected chi connectivity index (χ0v) is 17.3. The second kappa shape index (κ2) is 9.46. The maximum atomic E-state index is 6.09. The molecule has 30 heavy (non-hydrogen) atoms. The molecule has 5 nitrogen and oxygen atoms in total. The molecule has 1 aliphatic rings. The number of hydrogen-bond donors (Lipinski definition) is 1. The van der Waals surface area contributed by atoms with Gasteiger partial charge in [-0.25, -0.2) is 4.98 Å². The summed E-state index contributed by atoms with van der Waals surface area (Å²) in [5.74, 6) is 2.14. The molecule has 0 saturated heterocycles. The Labute approximate surface area is 177 Å². The van der Waals surface area contributed by atoms with Crippen molar-refractivity contribution in [3.63, 3.8) is 0 Å². The number of nitrogens with one attached hydrogen (secondary N) is 1. The molecule has 4 rings (SSSR count). The lowest BCUT2D eigenvalue weighted by molar-refractivity contribution is 0.283. The van der Waals surface area contributed by atoms with Crippen molar-refractivity contribution in [3.8, 4) is 17.4 Å². The van der Waals surface area contributed by atoms with E-state index < -0.39 is 0 Å². The van der Waals surface area contributed by atoms with Crippen LogP contribution in [0, 0.1) is 0 Å². The molecule has 5 heteroatoms. The summed E-state index contributed by atoms with van der Waals surface area (Å²) in [5.41, 5.74) is 4.67. The van der Waals surface area contributed by atoms with Crippen LogP contribution in [0.25, 0.3) is 6.08 Å². The highest BCUT2D eigenvalue weighted by molar-refractivity contribution is 5.55. The van der Waals surface area contributed by atoms with Crippen LogP contribution in [-0.4, -0.2) is 25.7 Å². The van der Waals surface area contributed by atoms with Gasteiger partial charge in [-0.2, -0.15) is 0 Å². The van der Waals surface area contributed by atoms with Crippen molar-refractivity contribution in [3.05, 3.63) is 89.1 Å². The van der Waals surface area contributed by atoms with E-state index in [1.165, 1.54) is 11.1 Å². The lowest BCUT2D eigenvalue weighted by Gasteiger charge is -2.26. The number of pyridine rings is 1. The number of nitrogens with zero attached hydrogens (tertiary/aromatic N) is 1. The summed E-state index contributed by atoms with van der Waals surface area (Å²) < 4.78 is 16.9. The van der Waals surface area contributed by atoms with Gasteiger partial charge in [0, 0.05) is 18.8 Å². The van der Waals surface area contributed by atoms with E-state index in [9.17, 15) is 0 Å².